The highest BCUT2D eigenvalue weighted by atomic mass is 32.1. The molecule has 0 spiro atoms. The van der Waals surface area contributed by atoms with Crippen molar-refractivity contribution < 1.29 is 5.11 Å². The Kier molecular flexibility index (Phi) is 4.49. The molecule has 0 saturated carbocycles. The van der Waals surface area contributed by atoms with Crippen LogP contribution in [0, 0.1) is 5.92 Å². The molecule has 1 aliphatic rings. The summed E-state index contributed by atoms with van der Waals surface area (Å²) in [4.78, 5) is 2.94. The van der Waals surface area contributed by atoms with Crippen LogP contribution in [0.4, 0.5) is 0 Å². The third-order valence-corrected chi connectivity index (χ3v) is 3.58. The fourth-order valence-electron chi connectivity index (χ4n) is 1.98. The second kappa shape index (κ2) is 5.23. The Hall–Kier alpha value is -0.190. The van der Waals surface area contributed by atoms with Crippen molar-refractivity contribution in [2.24, 2.45) is 11.7 Å². The Balaban J connectivity index is 2.41. The van der Waals surface area contributed by atoms with Crippen molar-refractivity contribution in [2.45, 2.75) is 38.7 Å². The molecule has 88 valence electrons. The summed E-state index contributed by atoms with van der Waals surface area (Å²) in [6, 6.07) is 0. The summed E-state index contributed by atoms with van der Waals surface area (Å²) >= 11 is 4.97. The summed E-state index contributed by atoms with van der Waals surface area (Å²) in [5.74, 6) is 0.267. The number of nitrogens with two attached hydrogens (primary N) is 1. The molecular formula is C11H22N2OS. The Morgan fingerprint density at radius 2 is 2.20 bits per heavy atom. The molecular weight excluding hydrogens is 208 g/mol. The van der Waals surface area contributed by atoms with E-state index in [1.165, 1.54) is 0 Å². The van der Waals surface area contributed by atoms with Crippen LogP contribution in [0.1, 0.15) is 33.1 Å². The summed E-state index contributed by atoms with van der Waals surface area (Å²) < 4.78 is 0. The maximum Gasteiger partial charge on any atom is 0.0768 e. The maximum absolute atomic E-state index is 9.94. The van der Waals surface area contributed by atoms with E-state index in [-0.39, 0.29) is 5.92 Å². The number of hydrogen-bond donors (Lipinski definition) is 2. The Labute approximate surface area is 97.6 Å². The minimum Gasteiger partial charge on any atom is -0.393 e. The molecule has 2 atom stereocenters. The van der Waals surface area contributed by atoms with Gasteiger partial charge < -0.3 is 15.7 Å². The molecule has 0 aliphatic carbocycles. The third-order valence-electron chi connectivity index (χ3n) is 3.17. The highest BCUT2D eigenvalue weighted by Crippen LogP contribution is 2.21. The first-order valence-electron chi connectivity index (χ1n) is 5.65. The standard InChI is InChI=1S/C11H22N2OS/c1-9(10(12)15)8-13-6-3-4-11(2,14)5-7-13/h9,14H,3-8H2,1-2H3,(H2,12,15). The van der Waals surface area contributed by atoms with E-state index >= 15 is 0 Å². The maximum atomic E-state index is 9.94. The van der Waals surface area contributed by atoms with Crippen LogP contribution in [-0.2, 0) is 0 Å². The minimum absolute atomic E-state index is 0.267. The zero-order valence-electron chi connectivity index (χ0n) is 9.70. The van der Waals surface area contributed by atoms with Gasteiger partial charge in [-0.3, -0.25) is 0 Å². The van der Waals surface area contributed by atoms with Crippen molar-refractivity contribution >= 4 is 17.2 Å². The van der Waals surface area contributed by atoms with Crippen molar-refractivity contribution in [3.05, 3.63) is 0 Å². The van der Waals surface area contributed by atoms with E-state index in [0.29, 0.717) is 4.99 Å². The van der Waals surface area contributed by atoms with E-state index in [4.69, 9.17) is 18.0 Å². The predicted octanol–water partition coefficient (Wildman–Crippen LogP) is 1.15. The van der Waals surface area contributed by atoms with E-state index in [9.17, 15) is 5.11 Å². The van der Waals surface area contributed by atoms with Gasteiger partial charge >= 0.3 is 0 Å². The van der Waals surface area contributed by atoms with Gasteiger partial charge in [0.2, 0.25) is 0 Å². The van der Waals surface area contributed by atoms with Gasteiger partial charge in [-0.15, -0.1) is 0 Å². The summed E-state index contributed by atoms with van der Waals surface area (Å²) in [5, 5.41) is 9.94. The van der Waals surface area contributed by atoms with E-state index in [1.807, 2.05) is 6.92 Å². The average molecular weight is 230 g/mol. The van der Waals surface area contributed by atoms with Crippen LogP contribution in [0.3, 0.4) is 0 Å². The Morgan fingerprint density at radius 3 is 2.80 bits per heavy atom. The van der Waals surface area contributed by atoms with E-state index < -0.39 is 5.60 Å². The molecule has 0 bridgehead atoms. The van der Waals surface area contributed by atoms with Crippen molar-refractivity contribution in [1.29, 1.82) is 0 Å². The number of nitrogens with zero attached hydrogens (tertiary/aromatic N) is 1. The molecule has 2 unspecified atom stereocenters. The largest absolute Gasteiger partial charge is 0.393 e. The normalized spacial score (nSPS) is 30.9. The topological polar surface area (TPSA) is 49.5 Å². The summed E-state index contributed by atoms with van der Waals surface area (Å²) in [5.41, 5.74) is 5.12. The van der Waals surface area contributed by atoms with E-state index in [1.54, 1.807) is 0 Å². The molecule has 1 saturated heterocycles. The van der Waals surface area contributed by atoms with Crippen LogP contribution in [-0.4, -0.2) is 40.2 Å². The number of aliphatic hydroxyl groups is 1. The lowest BCUT2D eigenvalue weighted by molar-refractivity contribution is 0.0445. The predicted molar refractivity (Wildman–Crippen MR) is 66.9 cm³/mol. The first kappa shape index (κ1) is 12.9. The van der Waals surface area contributed by atoms with E-state index in [0.717, 1.165) is 38.9 Å². The monoisotopic (exact) mass is 230 g/mol. The number of hydrogen-bond acceptors (Lipinski definition) is 3. The molecule has 4 heteroatoms. The van der Waals surface area contributed by atoms with Crippen LogP contribution < -0.4 is 5.73 Å². The highest BCUT2D eigenvalue weighted by Gasteiger charge is 2.25. The second-order valence-corrected chi connectivity index (χ2v) is 5.43. The van der Waals surface area contributed by atoms with Gasteiger partial charge in [0.15, 0.2) is 0 Å². The van der Waals surface area contributed by atoms with Gasteiger partial charge in [-0.25, -0.2) is 0 Å². The van der Waals surface area contributed by atoms with Crippen molar-refractivity contribution in [3.63, 3.8) is 0 Å². The van der Waals surface area contributed by atoms with Crippen LogP contribution >= 0.6 is 12.2 Å². The lowest BCUT2D eigenvalue weighted by Crippen LogP contribution is -2.35. The third kappa shape index (κ3) is 4.45. The van der Waals surface area contributed by atoms with Crippen LogP contribution in [0.2, 0.25) is 0 Å². The minimum atomic E-state index is -0.485. The highest BCUT2D eigenvalue weighted by molar-refractivity contribution is 7.80. The molecule has 1 rings (SSSR count). The van der Waals surface area contributed by atoms with Gasteiger partial charge in [0, 0.05) is 19.0 Å². The molecule has 1 fully saturated rings. The van der Waals surface area contributed by atoms with Crippen LogP contribution in [0.15, 0.2) is 0 Å². The van der Waals surface area contributed by atoms with Gasteiger partial charge in [-0.05, 0) is 32.7 Å². The van der Waals surface area contributed by atoms with Crippen LogP contribution in [0.25, 0.3) is 0 Å². The van der Waals surface area contributed by atoms with Crippen molar-refractivity contribution in [3.8, 4) is 0 Å². The molecule has 1 heterocycles. The quantitative estimate of drug-likeness (QED) is 0.714. The van der Waals surface area contributed by atoms with Gasteiger partial charge in [-0.1, -0.05) is 19.1 Å². The zero-order valence-corrected chi connectivity index (χ0v) is 10.5. The van der Waals surface area contributed by atoms with Gasteiger partial charge in [0.05, 0.1) is 10.6 Å². The molecule has 3 N–H and O–H groups in total. The molecule has 0 radical (unpaired) electrons. The molecule has 15 heavy (non-hydrogen) atoms. The SMILES string of the molecule is CC(CN1CCCC(C)(O)CC1)C(N)=S. The first-order chi connectivity index (χ1) is 6.91. The zero-order chi connectivity index (χ0) is 11.5. The summed E-state index contributed by atoms with van der Waals surface area (Å²) in [6.07, 6.45) is 2.79. The van der Waals surface area contributed by atoms with Crippen molar-refractivity contribution in [2.75, 3.05) is 19.6 Å². The number of thiocarbonyl (C=S) groups is 1. The molecule has 0 aromatic heterocycles. The lowest BCUT2D eigenvalue weighted by Gasteiger charge is -2.24. The van der Waals surface area contributed by atoms with Gasteiger partial charge in [0.25, 0.3) is 0 Å². The van der Waals surface area contributed by atoms with E-state index in [2.05, 4.69) is 11.8 Å². The number of rotatable bonds is 3. The molecule has 0 aromatic carbocycles. The first-order valence-corrected chi connectivity index (χ1v) is 6.05. The molecule has 0 aromatic rings. The molecule has 3 nitrogen and oxygen atoms in total. The lowest BCUT2D eigenvalue weighted by atomic mass is 9.98. The number of likely N-dealkylation sites (tertiary alicyclic amines) is 1. The summed E-state index contributed by atoms with van der Waals surface area (Å²) in [7, 11) is 0. The van der Waals surface area contributed by atoms with Crippen molar-refractivity contribution in [1.82, 2.24) is 4.90 Å². The molecule has 0 amide bonds. The van der Waals surface area contributed by atoms with Crippen LogP contribution in [0.5, 0.6) is 0 Å². The second-order valence-electron chi connectivity index (χ2n) is 4.95. The molecule has 1 aliphatic heterocycles. The van der Waals surface area contributed by atoms with Gasteiger partial charge in [-0.2, -0.15) is 0 Å². The fraction of sp³-hybridized carbons (Fsp3) is 0.909. The van der Waals surface area contributed by atoms with Gasteiger partial charge in [0.1, 0.15) is 0 Å². The Morgan fingerprint density at radius 1 is 1.53 bits per heavy atom. The smallest absolute Gasteiger partial charge is 0.0768 e. The average Bonchev–Trinajstić information content (AvgIpc) is 2.28. The fourth-order valence-corrected chi connectivity index (χ4v) is 2.05. The Bertz CT molecular complexity index is 231. The summed E-state index contributed by atoms with van der Waals surface area (Å²) in [6.45, 7) is 6.90.